The number of hydrogen-bond acceptors (Lipinski definition) is 3. The van der Waals surface area contributed by atoms with Gasteiger partial charge in [-0.05, 0) is 26.8 Å². The summed E-state index contributed by atoms with van der Waals surface area (Å²) < 4.78 is 0. The highest BCUT2D eigenvalue weighted by atomic mass is 16.3. The van der Waals surface area contributed by atoms with Crippen molar-refractivity contribution in [1.82, 2.24) is 9.88 Å². The normalized spacial score (nSPS) is 20.7. The predicted octanol–water partition coefficient (Wildman–Crippen LogP) is 1.33. The third-order valence-electron chi connectivity index (χ3n) is 2.55. The number of nitrogens with zero attached hydrogens (tertiary/aromatic N) is 2. The van der Waals surface area contributed by atoms with Crippen LogP contribution in [-0.4, -0.2) is 26.4 Å². The standard InChI is InChI=1S/C11H14N2O2/c1-11(2,3)13-9(14)7-4-5-12-6-8(7)10(13)15/h4-6,10,15H,1-3H3. The zero-order chi connectivity index (χ0) is 11.2. The molecular formula is C11H14N2O2. The van der Waals surface area contributed by atoms with Crippen LogP contribution in [0.25, 0.3) is 0 Å². The summed E-state index contributed by atoms with van der Waals surface area (Å²) >= 11 is 0. The number of rotatable bonds is 0. The highest BCUT2D eigenvalue weighted by Crippen LogP contribution is 2.35. The van der Waals surface area contributed by atoms with Gasteiger partial charge in [-0.1, -0.05) is 0 Å². The van der Waals surface area contributed by atoms with E-state index in [1.165, 1.54) is 4.90 Å². The third kappa shape index (κ3) is 1.41. The number of aromatic nitrogens is 1. The van der Waals surface area contributed by atoms with E-state index in [0.717, 1.165) is 0 Å². The molecule has 0 spiro atoms. The van der Waals surface area contributed by atoms with E-state index in [9.17, 15) is 9.90 Å². The molecule has 1 aliphatic heterocycles. The zero-order valence-electron chi connectivity index (χ0n) is 9.06. The van der Waals surface area contributed by atoms with Crippen molar-refractivity contribution in [3.63, 3.8) is 0 Å². The van der Waals surface area contributed by atoms with Gasteiger partial charge in [0.2, 0.25) is 0 Å². The molecule has 2 rings (SSSR count). The van der Waals surface area contributed by atoms with Gasteiger partial charge in [0.05, 0.1) is 5.56 Å². The number of aliphatic hydroxyl groups is 1. The van der Waals surface area contributed by atoms with Crippen LogP contribution in [0.5, 0.6) is 0 Å². The molecule has 0 saturated heterocycles. The van der Waals surface area contributed by atoms with E-state index < -0.39 is 11.8 Å². The minimum Gasteiger partial charge on any atom is -0.369 e. The molecule has 4 heteroatoms. The number of aliphatic hydroxyl groups excluding tert-OH is 1. The van der Waals surface area contributed by atoms with Crippen molar-refractivity contribution in [2.24, 2.45) is 0 Å². The number of pyridine rings is 1. The maximum atomic E-state index is 12.0. The molecule has 80 valence electrons. The van der Waals surface area contributed by atoms with E-state index in [-0.39, 0.29) is 5.91 Å². The average Bonchev–Trinajstić information content (AvgIpc) is 2.39. The fraction of sp³-hybridized carbons (Fsp3) is 0.455. The summed E-state index contributed by atoms with van der Waals surface area (Å²) in [5.74, 6) is -0.132. The van der Waals surface area contributed by atoms with Gasteiger partial charge < -0.3 is 10.0 Å². The van der Waals surface area contributed by atoms with E-state index >= 15 is 0 Å². The molecule has 2 heterocycles. The van der Waals surface area contributed by atoms with Gasteiger partial charge >= 0.3 is 0 Å². The molecule has 0 saturated carbocycles. The molecule has 0 aliphatic carbocycles. The molecule has 1 aromatic rings. The maximum Gasteiger partial charge on any atom is 0.257 e. The van der Waals surface area contributed by atoms with Crippen molar-refractivity contribution in [3.8, 4) is 0 Å². The molecule has 1 aliphatic rings. The van der Waals surface area contributed by atoms with Crippen LogP contribution in [-0.2, 0) is 0 Å². The van der Waals surface area contributed by atoms with E-state index in [4.69, 9.17) is 0 Å². The second-order valence-corrected chi connectivity index (χ2v) is 4.68. The highest BCUT2D eigenvalue weighted by molar-refractivity contribution is 5.99. The quantitative estimate of drug-likeness (QED) is 0.696. The number of amides is 1. The van der Waals surface area contributed by atoms with Crippen LogP contribution in [0.1, 0.15) is 42.9 Å². The largest absolute Gasteiger partial charge is 0.369 e. The first-order valence-corrected chi connectivity index (χ1v) is 4.88. The summed E-state index contributed by atoms with van der Waals surface area (Å²) in [4.78, 5) is 17.4. The Kier molecular flexibility index (Phi) is 2.04. The van der Waals surface area contributed by atoms with Gasteiger partial charge in [0.15, 0.2) is 6.23 Å². The lowest BCUT2D eigenvalue weighted by Gasteiger charge is -2.34. The Hall–Kier alpha value is -1.42. The summed E-state index contributed by atoms with van der Waals surface area (Å²) in [5, 5.41) is 10.0. The topological polar surface area (TPSA) is 53.4 Å². The third-order valence-corrected chi connectivity index (χ3v) is 2.55. The monoisotopic (exact) mass is 206 g/mol. The molecule has 0 fully saturated rings. The van der Waals surface area contributed by atoms with Gasteiger partial charge in [0.1, 0.15) is 0 Å². The second-order valence-electron chi connectivity index (χ2n) is 4.68. The Bertz CT molecular complexity index is 409. The van der Waals surface area contributed by atoms with Crippen LogP contribution in [0.2, 0.25) is 0 Å². The smallest absolute Gasteiger partial charge is 0.257 e. The minimum atomic E-state index is -0.874. The van der Waals surface area contributed by atoms with E-state index in [2.05, 4.69) is 4.98 Å². The minimum absolute atomic E-state index is 0.132. The Morgan fingerprint density at radius 2 is 2.13 bits per heavy atom. The van der Waals surface area contributed by atoms with Crippen LogP contribution in [0, 0.1) is 0 Å². The first kappa shape index (κ1) is 10.1. The molecule has 1 aromatic heterocycles. The fourth-order valence-corrected chi connectivity index (χ4v) is 1.86. The molecule has 1 atom stereocenters. The SMILES string of the molecule is CC(C)(C)N1C(=O)c2ccncc2C1O. The highest BCUT2D eigenvalue weighted by Gasteiger charge is 2.41. The molecule has 15 heavy (non-hydrogen) atoms. The van der Waals surface area contributed by atoms with Crippen molar-refractivity contribution < 1.29 is 9.90 Å². The van der Waals surface area contributed by atoms with Crippen molar-refractivity contribution in [2.45, 2.75) is 32.5 Å². The summed E-state index contributed by atoms with van der Waals surface area (Å²) in [6.07, 6.45) is 2.24. The molecule has 0 radical (unpaired) electrons. The lowest BCUT2D eigenvalue weighted by Crippen LogP contribution is -2.43. The molecule has 1 unspecified atom stereocenters. The molecule has 1 N–H and O–H groups in total. The molecule has 4 nitrogen and oxygen atoms in total. The van der Waals surface area contributed by atoms with Crippen molar-refractivity contribution in [2.75, 3.05) is 0 Å². The number of hydrogen-bond donors (Lipinski definition) is 1. The van der Waals surface area contributed by atoms with Gasteiger partial charge in [0.25, 0.3) is 5.91 Å². The summed E-state index contributed by atoms with van der Waals surface area (Å²) in [5.41, 5.74) is 0.750. The lowest BCUT2D eigenvalue weighted by molar-refractivity contribution is -0.0229. The Balaban J connectivity index is 2.50. The van der Waals surface area contributed by atoms with Crippen LogP contribution in [0.3, 0.4) is 0 Å². The number of carbonyl (C=O) groups excluding carboxylic acids is 1. The zero-order valence-corrected chi connectivity index (χ0v) is 9.06. The van der Waals surface area contributed by atoms with Crippen LogP contribution < -0.4 is 0 Å². The Labute approximate surface area is 88.6 Å². The van der Waals surface area contributed by atoms with Gasteiger partial charge in [0, 0.05) is 23.5 Å². The van der Waals surface area contributed by atoms with Gasteiger partial charge in [-0.3, -0.25) is 9.78 Å². The molecule has 1 amide bonds. The van der Waals surface area contributed by atoms with Gasteiger partial charge in [-0.25, -0.2) is 0 Å². The molecule has 0 aromatic carbocycles. The van der Waals surface area contributed by atoms with E-state index in [0.29, 0.717) is 11.1 Å². The van der Waals surface area contributed by atoms with Gasteiger partial charge in [-0.2, -0.15) is 0 Å². The van der Waals surface area contributed by atoms with Crippen molar-refractivity contribution >= 4 is 5.91 Å². The molecule has 0 bridgehead atoms. The lowest BCUT2D eigenvalue weighted by atomic mass is 10.1. The van der Waals surface area contributed by atoms with E-state index in [1.54, 1.807) is 18.5 Å². The molecular weight excluding hydrogens is 192 g/mol. The second kappa shape index (κ2) is 3.03. The van der Waals surface area contributed by atoms with Crippen LogP contribution >= 0.6 is 0 Å². The predicted molar refractivity (Wildman–Crippen MR) is 55.1 cm³/mol. The number of carbonyl (C=O) groups is 1. The first-order valence-electron chi connectivity index (χ1n) is 4.88. The summed E-state index contributed by atoms with van der Waals surface area (Å²) in [6.45, 7) is 5.69. The Morgan fingerprint density at radius 3 is 2.67 bits per heavy atom. The van der Waals surface area contributed by atoms with Gasteiger partial charge in [-0.15, -0.1) is 0 Å². The van der Waals surface area contributed by atoms with E-state index in [1.807, 2.05) is 20.8 Å². The summed E-state index contributed by atoms with van der Waals surface area (Å²) in [6, 6.07) is 1.65. The van der Waals surface area contributed by atoms with Crippen molar-refractivity contribution in [3.05, 3.63) is 29.6 Å². The van der Waals surface area contributed by atoms with Crippen molar-refractivity contribution in [1.29, 1.82) is 0 Å². The summed E-state index contributed by atoms with van der Waals surface area (Å²) in [7, 11) is 0. The Morgan fingerprint density at radius 1 is 1.47 bits per heavy atom. The van der Waals surface area contributed by atoms with Crippen LogP contribution in [0.4, 0.5) is 0 Å². The number of fused-ring (bicyclic) bond motifs is 1. The average molecular weight is 206 g/mol. The first-order chi connectivity index (χ1) is 6.93. The fourth-order valence-electron chi connectivity index (χ4n) is 1.86. The van der Waals surface area contributed by atoms with Crippen LogP contribution in [0.15, 0.2) is 18.5 Å². The maximum absolute atomic E-state index is 12.0.